The average molecular weight is 355 g/mol. The van der Waals surface area contributed by atoms with Crippen molar-refractivity contribution >= 4 is 5.82 Å². The van der Waals surface area contributed by atoms with E-state index in [0.717, 1.165) is 37.7 Å². The van der Waals surface area contributed by atoms with Gasteiger partial charge in [-0.05, 0) is 35.7 Å². The molecule has 26 heavy (non-hydrogen) atoms. The first kappa shape index (κ1) is 18.7. The van der Waals surface area contributed by atoms with Crippen molar-refractivity contribution in [3.8, 4) is 5.75 Å². The quantitative estimate of drug-likeness (QED) is 0.828. The number of anilines is 1. The lowest BCUT2D eigenvalue weighted by molar-refractivity contribution is 0.0662. The molecule has 1 atom stereocenters. The molecule has 1 aliphatic heterocycles. The number of aliphatic hydroxyl groups excluding tert-OH is 1. The Hall–Kier alpha value is -2.11. The number of rotatable bonds is 7. The van der Waals surface area contributed by atoms with Crippen LogP contribution in [-0.4, -0.2) is 60.4 Å². The van der Waals surface area contributed by atoms with Crippen molar-refractivity contribution in [2.45, 2.75) is 25.9 Å². The second-order valence-corrected chi connectivity index (χ2v) is 7.16. The van der Waals surface area contributed by atoms with Crippen LogP contribution in [-0.2, 0) is 0 Å². The summed E-state index contributed by atoms with van der Waals surface area (Å²) in [4.78, 5) is 8.98. The molecule has 1 N–H and O–H groups in total. The molecule has 0 aliphatic carbocycles. The molecule has 5 heteroatoms. The standard InChI is InChI=1S/C21H29N3O2/c1-17(2)18-6-8-20(9-7-18)26-16-19(25)15-23-11-13-24(14-12-23)21-5-3-4-10-22-21/h3-10,17,19,25H,11-16H2,1-2H3/t19-/m0/s1. The fourth-order valence-electron chi connectivity index (χ4n) is 3.19. The van der Waals surface area contributed by atoms with Crippen molar-refractivity contribution in [2.24, 2.45) is 0 Å². The van der Waals surface area contributed by atoms with E-state index in [4.69, 9.17) is 4.74 Å². The van der Waals surface area contributed by atoms with Crippen molar-refractivity contribution in [1.29, 1.82) is 0 Å². The Balaban J connectivity index is 1.39. The Morgan fingerprint density at radius 3 is 2.38 bits per heavy atom. The largest absolute Gasteiger partial charge is 0.491 e. The van der Waals surface area contributed by atoms with Gasteiger partial charge >= 0.3 is 0 Å². The minimum atomic E-state index is -0.485. The number of pyridine rings is 1. The Labute approximate surface area is 156 Å². The summed E-state index contributed by atoms with van der Waals surface area (Å²) in [7, 11) is 0. The number of ether oxygens (including phenoxy) is 1. The van der Waals surface area contributed by atoms with Crippen LogP contribution in [0.25, 0.3) is 0 Å². The summed E-state index contributed by atoms with van der Waals surface area (Å²) in [6.07, 6.45) is 1.34. The fraction of sp³-hybridized carbons (Fsp3) is 0.476. The molecule has 5 nitrogen and oxygen atoms in total. The number of aliphatic hydroxyl groups is 1. The molecular formula is C21H29N3O2. The minimum Gasteiger partial charge on any atom is -0.491 e. The van der Waals surface area contributed by atoms with Gasteiger partial charge in [-0.15, -0.1) is 0 Å². The van der Waals surface area contributed by atoms with Crippen molar-refractivity contribution < 1.29 is 9.84 Å². The maximum absolute atomic E-state index is 10.3. The van der Waals surface area contributed by atoms with E-state index >= 15 is 0 Å². The summed E-state index contributed by atoms with van der Waals surface area (Å²) in [6.45, 7) is 9.03. The zero-order valence-electron chi connectivity index (χ0n) is 15.7. The third-order valence-corrected chi connectivity index (χ3v) is 4.80. The normalized spacial score (nSPS) is 16.7. The highest BCUT2D eigenvalue weighted by molar-refractivity contribution is 5.38. The zero-order chi connectivity index (χ0) is 18.4. The lowest BCUT2D eigenvalue weighted by Gasteiger charge is -2.36. The van der Waals surface area contributed by atoms with Crippen molar-refractivity contribution in [2.75, 3.05) is 44.2 Å². The molecule has 3 rings (SSSR count). The molecule has 1 aliphatic rings. The molecule has 2 heterocycles. The van der Waals surface area contributed by atoms with Gasteiger partial charge in [-0.1, -0.05) is 32.0 Å². The molecule has 1 saturated heterocycles. The van der Waals surface area contributed by atoms with Gasteiger partial charge in [0.2, 0.25) is 0 Å². The van der Waals surface area contributed by atoms with E-state index in [1.54, 1.807) is 0 Å². The maximum atomic E-state index is 10.3. The van der Waals surface area contributed by atoms with Gasteiger partial charge in [-0.3, -0.25) is 4.90 Å². The molecule has 140 valence electrons. The highest BCUT2D eigenvalue weighted by Gasteiger charge is 2.20. The van der Waals surface area contributed by atoms with Gasteiger partial charge in [0, 0.05) is 38.9 Å². The van der Waals surface area contributed by atoms with Crippen LogP contribution in [0, 0.1) is 0 Å². The average Bonchev–Trinajstić information content (AvgIpc) is 2.68. The Kier molecular flexibility index (Phi) is 6.47. The van der Waals surface area contributed by atoms with Crippen molar-refractivity contribution in [3.63, 3.8) is 0 Å². The fourth-order valence-corrected chi connectivity index (χ4v) is 3.19. The third kappa shape index (κ3) is 5.19. The van der Waals surface area contributed by atoms with Crippen LogP contribution in [0.15, 0.2) is 48.7 Å². The predicted octanol–water partition coefficient (Wildman–Crippen LogP) is 2.77. The highest BCUT2D eigenvalue weighted by atomic mass is 16.5. The van der Waals surface area contributed by atoms with E-state index in [1.165, 1.54) is 5.56 Å². The summed E-state index contributed by atoms with van der Waals surface area (Å²) in [6, 6.07) is 14.1. The van der Waals surface area contributed by atoms with Gasteiger partial charge in [0.1, 0.15) is 24.3 Å². The van der Waals surface area contributed by atoms with Gasteiger partial charge < -0.3 is 14.7 Å². The summed E-state index contributed by atoms with van der Waals surface area (Å²) < 4.78 is 5.74. The van der Waals surface area contributed by atoms with Crippen LogP contribution in [0.2, 0.25) is 0 Å². The first-order chi connectivity index (χ1) is 12.6. The molecule has 1 aromatic heterocycles. The number of β-amino-alcohol motifs (C(OH)–C–C–N with tert-alkyl or cyclic N) is 1. The molecule has 1 aromatic carbocycles. The number of hydrogen-bond acceptors (Lipinski definition) is 5. The van der Waals surface area contributed by atoms with Gasteiger partial charge in [-0.25, -0.2) is 4.98 Å². The van der Waals surface area contributed by atoms with Crippen LogP contribution < -0.4 is 9.64 Å². The van der Waals surface area contributed by atoms with E-state index in [2.05, 4.69) is 40.8 Å². The van der Waals surface area contributed by atoms with Crippen molar-refractivity contribution in [3.05, 3.63) is 54.2 Å². The lowest BCUT2D eigenvalue weighted by atomic mass is 10.0. The monoisotopic (exact) mass is 355 g/mol. The Morgan fingerprint density at radius 2 is 1.77 bits per heavy atom. The predicted molar refractivity (Wildman–Crippen MR) is 105 cm³/mol. The van der Waals surface area contributed by atoms with E-state index in [0.29, 0.717) is 19.1 Å². The number of benzene rings is 1. The molecule has 2 aromatic rings. The number of nitrogens with zero attached hydrogens (tertiary/aromatic N) is 3. The van der Waals surface area contributed by atoms with Crippen LogP contribution in [0.1, 0.15) is 25.3 Å². The number of hydrogen-bond donors (Lipinski definition) is 1. The summed E-state index contributed by atoms with van der Waals surface area (Å²) >= 11 is 0. The molecule has 0 spiro atoms. The van der Waals surface area contributed by atoms with Crippen LogP contribution in [0.3, 0.4) is 0 Å². The summed E-state index contributed by atoms with van der Waals surface area (Å²) in [5.41, 5.74) is 1.30. The number of aromatic nitrogens is 1. The van der Waals surface area contributed by atoms with Crippen molar-refractivity contribution in [1.82, 2.24) is 9.88 Å². The SMILES string of the molecule is CC(C)c1ccc(OC[C@@H](O)CN2CCN(c3ccccn3)CC2)cc1. The van der Waals surface area contributed by atoms with Crippen LogP contribution >= 0.6 is 0 Å². The van der Waals surface area contributed by atoms with Gasteiger partial charge in [-0.2, -0.15) is 0 Å². The molecular weight excluding hydrogens is 326 g/mol. The molecule has 0 amide bonds. The smallest absolute Gasteiger partial charge is 0.128 e. The molecule has 0 saturated carbocycles. The topological polar surface area (TPSA) is 48.8 Å². The lowest BCUT2D eigenvalue weighted by Crippen LogP contribution is -2.49. The Morgan fingerprint density at radius 1 is 1.04 bits per heavy atom. The Bertz CT molecular complexity index is 653. The second kappa shape index (κ2) is 9.01. The first-order valence-corrected chi connectivity index (χ1v) is 9.41. The minimum absolute atomic E-state index is 0.321. The molecule has 0 bridgehead atoms. The van der Waals surface area contributed by atoms with E-state index in [9.17, 15) is 5.11 Å². The van der Waals surface area contributed by atoms with E-state index in [-0.39, 0.29) is 0 Å². The molecule has 0 radical (unpaired) electrons. The molecule has 0 unspecified atom stereocenters. The highest BCUT2D eigenvalue weighted by Crippen LogP contribution is 2.19. The van der Waals surface area contributed by atoms with Crippen LogP contribution in [0.5, 0.6) is 5.75 Å². The van der Waals surface area contributed by atoms with E-state index in [1.807, 2.05) is 36.5 Å². The second-order valence-electron chi connectivity index (χ2n) is 7.16. The summed E-state index contributed by atoms with van der Waals surface area (Å²) in [5.74, 6) is 2.36. The first-order valence-electron chi connectivity index (χ1n) is 9.41. The third-order valence-electron chi connectivity index (χ3n) is 4.80. The van der Waals surface area contributed by atoms with Gasteiger partial charge in [0.15, 0.2) is 0 Å². The van der Waals surface area contributed by atoms with Crippen LogP contribution in [0.4, 0.5) is 5.82 Å². The van der Waals surface area contributed by atoms with E-state index < -0.39 is 6.10 Å². The maximum Gasteiger partial charge on any atom is 0.128 e. The number of piperazine rings is 1. The van der Waals surface area contributed by atoms with Gasteiger partial charge in [0.25, 0.3) is 0 Å². The molecule has 1 fully saturated rings. The zero-order valence-corrected chi connectivity index (χ0v) is 15.7. The van der Waals surface area contributed by atoms with Gasteiger partial charge in [0.05, 0.1) is 0 Å². The summed E-state index contributed by atoms with van der Waals surface area (Å²) in [5, 5.41) is 10.3.